The second-order valence-electron chi connectivity index (χ2n) is 6.39. The molecule has 0 N–H and O–H groups in total. The van der Waals surface area contributed by atoms with E-state index in [2.05, 4.69) is 22.3 Å². The predicted octanol–water partition coefficient (Wildman–Crippen LogP) is 3.60. The van der Waals surface area contributed by atoms with E-state index in [-0.39, 0.29) is 0 Å². The molecule has 23 heavy (non-hydrogen) atoms. The topological polar surface area (TPSA) is 30.3 Å². The minimum Gasteiger partial charge on any atom is -0.384 e. The number of aromatic nitrogens is 2. The van der Waals surface area contributed by atoms with Crippen molar-refractivity contribution in [3.8, 4) is 11.3 Å². The minimum atomic E-state index is 0.639. The highest BCUT2D eigenvalue weighted by atomic mass is 35.5. The summed E-state index contributed by atoms with van der Waals surface area (Å²) in [4.78, 5) is 2.51. The van der Waals surface area contributed by atoms with Gasteiger partial charge in [0, 0.05) is 49.6 Å². The number of aryl methyl sites for hydroxylation is 1. The van der Waals surface area contributed by atoms with Gasteiger partial charge in [-0.1, -0.05) is 23.7 Å². The molecule has 4 nitrogen and oxygen atoms in total. The molecule has 1 aliphatic rings. The minimum absolute atomic E-state index is 0.639. The summed E-state index contributed by atoms with van der Waals surface area (Å²) in [7, 11) is 3.76. The number of hydrogen-bond donors (Lipinski definition) is 0. The van der Waals surface area contributed by atoms with Crippen molar-refractivity contribution in [1.29, 1.82) is 0 Å². The van der Waals surface area contributed by atoms with Crippen LogP contribution in [0.25, 0.3) is 11.3 Å². The van der Waals surface area contributed by atoms with Crippen molar-refractivity contribution < 1.29 is 4.74 Å². The van der Waals surface area contributed by atoms with Crippen LogP contribution in [0.2, 0.25) is 5.02 Å². The molecule has 0 aliphatic carbocycles. The van der Waals surface area contributed by atoms with Crippen molar-refractivity contribution >= 4 is 11.6 Å². The Bertz CT molecular complexity index is 653. The normalized spacial score (nSPS) is 19.2. The van der Waals surface area contributed by atoms with Gasteiger partial charge in [-0.25, -0.2) is 0 Å². The van der Waals surface area contributed by atoms with Gasteiger partial charge in [0.25, 0.3) is 0 Å². The summed E-state index contributed by atoms with van der Waals surface area (Å²) in [6.07, 6.45) is 4.62. The molecule has 3 rings (SSSR count). The van der Waals surface area contributed by atoms with Gasteiger partial charge >= 0.3 is 0 Å². The number of halogens is 1. The van der Waals surface area contributed by atoms with Gasteiger partial charge in [-0.15, -0.1) is 0 Å². The van der Waals surface area contributed by atoms with E-state index in [1.807, 2.05) is 29.9 Å². The third kappa shape index (κ3) is 4.14. The molecule has 124 valence electrons. The van der Waals surface area contributed by atoms with Gasteiger partial charge in [0.15, 0.2) is 0 Å². The molecule has 1 aromatic heterocycles. The summed E-state index contributed by atoms with van der Waals surface area (Å²) in [6, 6.07) is 7.93. The van der Waals surface area contributed by atoms with E-state index in [1.54, 1.807) is 7.11 Å². The summed E-state index contributed by atoms with van der Waals surface area (Å²) >= 11 is 6.14. The van der Waals surface area contributed by atoms with Gasteiger partial charge < -0.3 is 4.74 Å². The lowest BCUT2D eigenvalue weighted by Gasteiger charge is -2.32. The van der Waals surface area contributed by atoms with E-state index in [0.717, 1.165) is 42.5 Å². The van der Waals surface area contributed by atoms with Crippen LogP contribution in [0.5, 0.6) is 0 Å². The molecule has 1 unspecified atom stereocenters. The first-order chi connectivity index (χ1) is 11.2. The molecule has 1 aliphatic heterocycles. The molecule has 0 amide bonds. The standard InChI is InChI=1S/C18H24ClN3O/c1-21-11-16(12-22-8-4-5-14(10-22)13-23-2)18(20-21)15-6-3-7-17(19)9-15/h3,6-7,9,11,14H,4-5,8,10,12-13H2,1-2H3. The average molecular weight is 334 g/mol. The molecular formula is C18H24ClN3O. The maximum atomic E-state index is 6.14. The Balaban J connectivity index is 1.78. The third-order valence-corrected chi connectivity index (χ3v) is 4.64. The predicted molar refractivity (Wildman–Crippen MR) is 93.5 cm³/mol. The fourth-order valence-electron chi connectivity index (χ4n) is 3.44. The van der Waals surface area contributed by atoms with Gasteiger partial charge in [0.05, 0.1) is 12.3 Å². The second-order valence-corrected chi connectivity index (χ2v) is 6.82. The lowest BCUT2D eigenvalue weighted by Crippen LogP contribution is -2.36. The molecule has 0 radical (unpaired) electrons. The molecule has 1 fully saturated rings. The van der Waals surface area contributed by atoms with Gasteiger partial charge in [0.1, 0.15) is 0 Å². The summed E-state index contributed by atoms with van der Waals surface area (Å²) in [5, 5.41) is 5.40. The Morgan fingerprint density at radius 3 is 3.04 bits per heavy atom. The highest BCUT2D eigenvalue weighted by Crippen LogP contribution is 2.27. The average Bonchev–Trinajstić information content (AvgIpc) is 2.88. The quantitative estimate of drug-likeness (QED) is 0.837. The first-order valence-electron chi connectivity index (χ1n) is 8.15. The fraction of sp³-hybridized carbons (Fsp3) is 0.500. The second kappa shape index (κ2) is 7.47. The van der Waals surface area contributed by atoms with Crippen LogP contribution in [0.4, 0.5) is 0 Å². The highest BCUT2D eigenvalue weighted by molar-refractivity contribution is 6.30. The van der Waals surface area contributed by atoms with Crippen molar-refractivity contribution in [3.05, 3.63) is 41.0 Å². The van der Waals surface area contributed by atoms with Gasteiger partial charge in [-0.05, 0) is 37.4 Å². The molecule has 0 saturated carbocycles. The molecule has 2 heterocycles. The largest absolute Gasteiger partial charge is 0.384 e. The summed E-state index contributed by atoms with van der Waals surface area (Å²) in [5.74, 6) is 0.639. The lowest BCUT2D eigenvalue weighted by molar-refractivity contribution is 0.0874. The zero-order valence-corrected chi connectivity index (χ0v) is 14.6. The number of methoxy groups -OCH3 is 1. The number of hydrogen-bond acceptors (Lipinski definition) is 3. The monoisotopic (exact) mass is 333 g/mol. The van der Waals surface area contributed by atoms with Crippen molar-refractivity contribution in [3.63, 3.8) is 0 Å². The number of likely N-dealkylation sites (tertiary alicyclic amines) is 1. The van der Waals surface area contributed by atoms with Crippen molar-refractivity contribution in [2.75, 3.05) is 26.8 Å². The van der Waals surface area contributed by atoms with Gasteiger partial charge in [0.2, 0.25) is 0 Å². The SMILES string of the molecule is COCC1CCCN(Cc2cn(C)nc2-c2cccc(Cl)c2)C1. The molecule has 1 aromatic carbocycles. The van der Waals surface area contributed by atoms with E-state index >= 15 is 0 Å². The van der Waals surface area contributed by atoms with E-state index in [0.29, 0.717) is 5.92 Å². The van der Waals surface area contributed by atoms with Crippen LogP contribution in [-0.4, -0.2) is 41.5 Å². The molecule has 0 bridgehead atoms. The number of piperidine rings is 1. The smallest absolute Gasteiger partial charge is 0.0968 e. The molecule has 5 heteroatoms. The molecule has 1 saturated heterocycles. The van der Waals surface area contributed by atoms with Crippen molar-refractivity contribution in [2.45, 2.75) is 19.4 Å². The Morgan fingerprint density at radius 1 is 1.39 bits per heavy atom. The molecule has 1 atom stereocenters. The summed E-state index contributed by atoms with van der Waals surface area (Å²) in [5.41, 5.74) is 3.37. The highest BCUT2D eigenvalue weighted by Gasteiger charge is 2.21. The Morgan fingerprint density at radius 2 is 2.26 bits per heavy atom. The fourth-order valence-corrected chi connectivity index (χ4v) is 3.63. The van der Waals surface area contributed by atoms with E-state index in [1.165, 1.54) is 18.4 Å². The number of benzene rings is 1. The first-order valence-corrected chi connectivity index (χ1v) is 8.53. The maximum Gasteiger partial charge on any atom is 0.0968 e. The van der Waals surface area contributed by atoms with Gasteiger partial charge in [-0.3, -0.25) is 9.58 Å². The van der Waals surface area contributed by atoms with Crippen LogP contribution in [0.15, 0.2) is 30.5 Å². The zero-order chi connectivity index (χ0) is 16.2. The van der Waals surface area contributed by atoms with Crippen LogP contribution in [-0.2, 0) is 18.3 Å². The Hall–Kier alpha value is -1.36. The number of nitrogens with zero attached hydrogens (tertiary/aromatic N) is 3. The van der Waals surface area contributed by atoms with Crippen LogP contribution < -0.4 is 0 Å². The maximum absolute atomic E-state index is 6.14. The zero-order valence-electron chi connectivity index (χ0n) is 13.8. The molecule has 0 spiro atoms. The van der Waals surface area contributed by atoms with E-state index in [4.69, 9.17) is 16.3 Å². The lowest BCUT2D eigenvalue weighted by atomic mass is 9.98. The summed E-state index contributed by atoms with van der Waals surface area (Å²) < 4.78 is 7.22. The van der Waals surface area contributed by atoms with Crippen LogP contribution in [0, 0.1) is 5.92 Å². The Kier molecular flexibility index (Phi) is 5.36. The van der Waals surface area contributed by atoms with Crippen LogP contribution >= 0.6 is 11.6 Å². The number of rotatable bonds is 5. The van der Waals surface area contributed by atoms with Crippen molar-refractivity contribution in [2.24, 2.45) is 13.0 Å². The van der Waals surface area contributed by atoms with Crippen LogP contribution in [0.3, 0.4) is 0 Å². The first kappa shape index (κ1) is 16.5. The molecule has 2 aromatic rings. The Labute approximate surface area is 143 Å². The number of ether oxygens (including phenoxy) is 1. The summed E-state index contributed by atoms with van der Waals surface area (Å²) in [6.45, 7) is 4.02. The third-order valence-electron chi connectivity index (χ3n) is 4.40. The van der Waals surface area contributed by atoms with E-state index < -0.39 is 0 Å². The van der Waals surface area contributed by atoms with E-state index in [9.17, 15) is 0 Å². The van der Waals surface area contributed by atoms with Gasteiger partial charge in [-0.2, -0.15) is 5.10 Å². The molecular weight excluding hydrogens is 310 g/mol. The van der Waals surface area contributed by atoms with Crippen molar-refractivity contribution in [1.82, 2.24) is 14.7 Å². The van der Waals surface area contributed by atoms with Crippen LogP contribution in [0.1, 0.15) is 18.4 Å².